The second-order valence-corrected chi connectivity index (χ2v) is 6.33. The number of amides is 1. The number of aromatic nitrogens is 1. The monoisotopic (exact) mass is 284 g/mol. The summed E-state index contributed by atoms with van der Waals surface area (Å²) < 4.78 is 31.0. The van der Waals surface area contributed by atoms with Crippen LogP contribution in [-0.4, -0.2) is 33.0 Å². The molecule has 1 amide bonds. The first-order chi connectivity index (χ1) is 9.00. The molecule has 1 heterocycles. The van der Waals surface area contributed by atoms with Crippen molar-refractivity contribution < 1.29 is 17.9 Å². The maximum Gasteiger partial charge on any atom is 0.265 e. The second kappa shape index (κ2) is 5.26. The number of hydrogen-bond donors (Lipinski definition) is 1. The van der Waals surface area contributed by atoms with Gasteiger partial charge in [0, 0.05) is 26.1 Å². The molecular weight excluding hydrogens is 268 g/mol. The number of nitrogens with zero attached hydrogens (tertiary/aromatic N) is 1. The van der Waals surface area contributed by atoms with Crippen LogP contribution in [0.15, 0.2) is 29.4 Å². The van der Waals surface area contributed by atoms with Gasteiger partial charge in [-0.15, -0.1) is 0 Å². The maximum absolute atomic E-state index is 12.1. The van der Waals surface area contributed by atoms with Gasteiger partial charge in [-0.05, 0) is 31.4 Å². The number of pyridine rings is 1. The van der Waals surface area contributed by atoms with Gasteiger partial charge in [-0.2, -0.15) is 0 Å². The average Bonchev–Trinajstić information content (AvgIpc) is 3.18. The molecule has 0 unspecified atom stereocenters. The third-order valence-electron chi connectivity index (χ3n) is 3.29. The van der Waals surface area contributed by atoms with Crippen molar-refractivity contribution in [3.8, 4) is 0 Å². The lowest BCUT2D eigenvalue weighted by Crippen LogP contribution is -2.37. The van der Waals surface area contributed by atoms with E-state index in [9.17, 15) is 13.2 Å². The predicted octanol–water partition coefficient (Wildman–Crippen LogP) is 0.703. The van der Waals surface area contributed by atoms with Crippen molar-refractivity contribution in [2.75, 3.05) is 13.7 Å². The number of rotatable bonds is 6. The molecule has 104 valence electrons. The van der Waals surface area contributed by atoms with Crippen LogP contribution in [0, 0.1) is 5.41 Å². The number of carbonyl (C=O) groups excluding carboxylic acids is 1. The van der Waals surface area contributed by atoms with Crippen molar-refractivity contribution in [1.29, 1.82) is 0 Å². The molecule has 19 heavy (non-hydrogen) atoms. The topological polar surface area (TPSA) is 85.4 Å². The summed E-state index contributed by atoms with van der Waals surface area (Å²) in [6.07, 6.45) is 4.62. The highest BCUT2D eigenvalue weighted by Gasteiger charge is 2.50. The first-order valence-electron chi connectivity index (χ1n) is 5.96. The van der Waals surface area contributed by atoms with E-state index >= 15 is 0 Å². The molecule has 0 bridgehead atoms. The van der Waals surface area contributed by atoms with Crippen LogP contribution in [0.4, 0.5) is 0 Å². The van der Waals surface area contributed by atoms with Gasteiger partial charge in [-0.3, -0.25) is 9.78 Å². The quantitative estimate of drug-likeness (QED) is 0.831. The zero-order valence-corrected chi connectivity index (χ0v) is 11.4. The molecule has 1 fully saturated rings. The highest BCUT2D eigenvalue weighted by molar-refractivity contribution is 7.90. The van der Waals surface area contributed by atoms with E-state index in [0.29, 0.717) is 25.9 Å². The molecule has 0 saturated heterocycles. The molecule has 1 saturated carbocycles. The van der Waals surface area contributed by atoms with Gasteiger partial charge in [0.1, 0.15) is 4.90 Å². The highest BCUT2D eigenvalue weighted by Crippen LogP contribution is 2.49. The highest BCUT2D eigenvalue weighted by atomic mass is 32.2. The first kappa shape index (κ1) is 14.0. The Hall–Kier alpha value is -1.47. The van der Waals surface area contributed by atoms with E-state index in [1.54, 1.807) is 7.11 Å². The molecule has 1 aromatic rings. The lowest BCUT2D eigenvalue weighted by molar-refractivity contribution is -0.125. The Labute approximate surface area is 112 Å². The minimum atomic E-state index is -3.83. The molecular formula is C12H16N2O4S. The van der Waals surface area contributed by atoms with Gasteiger partial charge in [0.25, 0.3) is 10.0 Å². The Morgan fingerprint density at radius 3 is 2.79 bits per heavy atom. The van der Waals surface area contributed by atoms with E-state index in [4.69, 9.17) is 4.74 Å². The van der Waals surface area contributed by atoms with Gasteiger partial charge in [0.2, 0.25) is 5.91 Å². The van der Waals surface area contributed by atoms with Crippen molar-refractivity contribution in [1.82, 2.24) is 9.71 Å². The van der Waals surface area contributed by atoms with Crippen LogP contribution >= 0.6 is 0 Å². The molecule has 1 aromatic heterocycles. The van der Waals surface area contributed by atoms with Crippen LogP contribution in [-0.2, 0) is 19.6 Å². The zero-order chi connectivity index (χ0) is 13.9. The summed E-state index contributed by atoms with van der Waals surface area (Å²) in [6.45, 7) is 0.445. The fraction of sp³-hybridized carbons (Fsp3) is 0.500. The van der Waals surface area contributed by atoms with Crippen molar-refractivity contribution in [3.63, 3.8) is 0 Å². The molecule has 7 heteroatoms. The molecule has 0 aromatic carbocycles. The van der Waals surface area contributed by atoms with E-state index in [1.165, 1.54) is 24.5 Å². The van der Waals surface area contributed by atoms with Crippen LogP contribution in [0.3, 0.4) is 0 Å². The van der Waals surface area contributed by atoms with Gasteiger partial charge in [0.05, 0.1) is 5.41 Å². The number of ether oxygens (including phenoxy) is 1. The Morgan fingerprint density at radius 1 is 1.53 bits per heavy atom. The average molecular weight is 284 g/mol. The SMILES string of the molecule is COCCC1(C(=O)NS(=O)(=O)c2cccnc2)CC1. The number of nitrogens with one attached hydrogen (secondary N) is 1. The molecule has 1 aliphatic rings. The van der Waals surface area contributed by atoms with E-state index in [-0.39, 0.29) is 4.90 Å². The molecule has 0 aliphatic heterocycles. The van der Waals surface area contributed by atoms with E-state index in [2.05, 4.69) is 9.71 Å². The van der Waals surface area contributed by atoms with Crippen molar-refractivity contribution in [2.24, 2.45) is 5.41 Å². The molecule has 0 spiro atoms. The molecule has 2 rings (SSSR count). The van der Waals surface area contributed by atoms with Gasteiger partial charge >= 0.3 is 0 Å². The lowest BCUT2D eigenvalue weighted by Gasteiger charge is -2.14. The summed E-state index contributed by atoms with van der Waals surface area (Å²) in [4.78, 5) is 15.8. The van der Waals surface area contributed by atoms with Crippen LogP contribution in [0.1, 0.15) is 19.3 Å². The van der Waals surface area contributed by atoms with Gasteiger partial charge < -0.3 is 4.74 Å². The summed E-state index contributed by atoms with van der Waals surface area (Å²) in [5.74, 6) is -0.451. The smallest absolute Gasteiger partial charge is 0.265 e. The third kappa shape index (κ3) is 3.10. The predicted molar refractivity (Wildman–Crippen MR) is 67.7 cm³/mol. The Balaban J connectivity index is 2.07. The fourth-order valence-corrected chi connectivity index (χ4v) is 2.87. The van der Waals surface area contributed by atoms with Gasteiger partial charge in [-0.1, -0.05) is 0 Å². The standard InChI is InChI=1S/C12H16N2O4S/c1-18-8-6-12(4-5-12)11(15)14-19(16,17)10-3-2-7-13-9-10/h2-3,7,9H,4-6,8H2,1H3,(H,14,15). The Bertz CT molecular complexity index is 552. The van der Waals surface area contributed by atoms with Crippen LogP contribution < -0.4 is 4.72 Å². The normalized spacial score (nSPS) is 16.9. The van der Waals surface area contributed by atoms with Crippen LogP contribution in [0.5, 0.6) is 0 Å². The first-order valence-corrected chi connectivity index (χ1v) is 7.45. The van der Waals surface area contributed by atoms with E-state index in [1.807, 2.05) is 0 Å². The molecule has 6 nitrogen and oxygen atoms in total. The summed E-state index contributed by atoms with van der Waals surface area (Å²) in [7, 11) is -2.27. The van der Waals surface area contributed by atoms with Crippen LogP contribution in [0.25, 0.3) is 0 Å². The van der Waals surface area contributed by atoms with Crippen molar-refractivity contribution in [2.45, 2.75) is 24.2 Å². The molecule has 0 radical (unpaired) electrons. The summed E-state index contributed by atoms with van der Waals surface area (Å²) in [5, 5.41) is 0. The van der Waals surface area contributed by atoms with E-state index < -0.39 is 21.3 Å². The van der Waals surface area contributed by atoms with E-state index in [0.717, 1.165) is 0 Å². The minimum absolute atomic E-state index is 0.00843. The molecule has 1 aliphatic carbocycles. The lowest BCUT2D eigenvalue weighted by atomic mass is 10.0. The summed E-state index contributed by atoms with van der Waals surface area (Å²) in [6, 6.07) is 2.91. The summed E-state index contributed by atoms with van der Waals surface area (Å²) >= 11 is 0. The minimum Gasteiger partial charge on any atom is -0.385 e. The van der Waals surface area contributed by atoms with Gasteiger partial charge in [0.15, 0.2) is 0 Å². The van der Waals surface area contributed by atoms with Crippen molar-refractivity contribution in [3.05, 3.63) is 24.5 Å². The van der Waals surface area contributed by atoms with Crippen LogP contribution in [0.2, 0.25) is 0 Å². The third-order valence-corrected chi connectivity index (χ3v) is 4.61. The van der Waals surface area contributed by atoms with Gasteiger partial charge in [-0.25, -0.2) is 13.1 Å². The second-order valence-electron chi connectivity index (χ2n) is 4.65. The Kier molecular flexibility index (Phi) is 3.86. The maximum atomic E-state index is 12.1. The fourth-order valence-electron chi connectivity index (χ4n) is 1.83. The largest absolute Gasteiger partial charge is 0.385 e. The zero-order valence-electron chi connectivity index (χ0n) is 10.6. The number of sulfonamides is 1. The van der Waals surface area contributed by atoms with Crippen molar-refractivity contribution >= 4 is 15.9 Å². The molecule has 0 atom stereocenters. The molecule has 1 N–H and O–H groups in total. The number of hydrogen-bond acceptors (Lipinski definition) is 5. The Morgan fingerprint density at radius 2 is 2.26 bits per heavy atom. The number of carbonyl (C=O) groups is 1. The summed E-state index contributed by atoms with van der Waals surface area (Å²) in [5.41, 5.74) is -0.578. The number of methoxy groups -OCH3 is 1.